The Hall–Kier alpha value is -3.22. The number of rotatable bonds is 2. The molecule has 2 aromatic carbocycles. The molecule has 0 fully saturated rings. The molecule has 0 aliphatic carbocycles. The quantitative estimate of drug-likeness (QED) is 0.831. The van der Waals surface area contributed by atoms with Gasteiger partial charge in [-0.05, 0) is 30.3 Å². The van der Waals surface area contributed by atoms with E-state index in [2.05, 4.69) is 5.32 Å². The van der Waals surface area contributed by atoms with Gasteiger partial charge in [0.1, 0.15) is 0 Å². The first-order chi connectivity index (χ1) is 11.0. The molecule has 7 heteroatoms. The smallest absolute Gasteiger partial charge is 0.333 e. The molecule has 0 spiro atoms. The van der Waals surface area contributed by atoms with E-state index in [0.717, 1.165) is 4.90 Å². The summed E-state index contributed by atoms with van der Waals surface area (Å²) in [5, 5.41) is 2.66. The van der Waals surface area contributed by atoms with Crippen LogP contribution in [0, 0.1) is 0 Å². The molecule has 0 bridgehead atoms. The van der Waals surface area contributed by atoms with Gasteiger partial charge in [0.2, 0.25) is 12.7 Å². The second-order valence-electron chi connectivity index (χ2n) is 4.95. The van der Waals surface area contributed by atoms with Crippen molar-refractivity contribution in [3.63, 3.8) is 0 Å². The molecule has 0 saturated heterocycles. The number of nitrogens with zero attached hydrogens (tertiary/aromatic N) is 1. The van der Waals surface area contributed by atoms with Crippen LogP contribution in [0.15, 0.2) is 42.5 Å². The van der Waals surface area contributed by atoms with E-state index in [1.54, 1.807) is 42.5 Å². The minimum Gasteiger partial charge on any atom is -0.454 e. The van der Waals surface area contributed by atoms with Crippen LogP contribution >= 0.6 is 0 Å². The molecular formula is C16H15N3O4. The van der Waals surface area contributed by atoms with Gasteiger partial charge in [0.05, 0.1) is 5.69 Å². The second-order valence-corrected chi connectivity index (χ2v) is 4.95. The lowest BCUT2D eigenvalue weighted by Gasteiger charge is -2.20. The summed E-state index contributed by atoms with van der Waals surface area (Å²) in [6, 6.07) is 11.0. The van der Waals surface area contributed by atoms with Crippen LogP contribution in [0.3, 0.4) is 0 Å². The van der Waals surface area contributed by atoms with Crippen LogP contribution in [0.2, 0.25) is 0 Å². The Labute approximate surface area is 132 Å². The molecule has 0 radical (unpaired) electrons. The predicted molar refractivity (Wildman–Crippen MR) is 85.6 cm³/mol. The lowest BCUT2D eigenvalue weighted by molar-refractivity contribution is -0.115. The van der Waals surface area contributed by atoms with E-state index < -0.39 is 11.9 Å². The van der Waals surface area contributed by atoms with Gasteiger partial charge < -0.3 is 20.5 Å². The van der Waals surface area contributed by atoms with Gasteiger partial charge >= 0.3 is 6.03 Å². The molecular weight excluding hydrogens is 298 g/mol. The number of nitrogen functional groups attached to an aromatic ring is 1. The van der Waals surface area contributed by atoms with Crippen molar-refractivity contribution >= 4 is 29.0 Å². The van der Waals surface area contributed by atoms with Gasteiger partial charge in [0.15, 0.2) is 11.5 Å². The highest BCUT2D eigenvalue weighted by Gasteiger charge is 2.21. The van der Waals surface area contributed by atoms with Gasteiger partial charge in [0.25, 0.3) is 0 Å². The van der Waals surface area contributed by atoms with Crippen LogP contribution in [0.25, 0.3) is 0 Å². The molecule has 7 nitrogen and oxygen atoms in total. The van der Waals surface area contributed by atoms with E-state index in [1.807, 2.05) is 0 Å². The van der Waals surface area contributed by atoms with Gasteiger partial charge in [-0.1, -0.05) is 6.07 Å². The van der Waals surface area contributed by atoms with Crippen LogP contribution in [0.1, 0.15) is 6.92 Å². The summed E-state index contributed by atoms with van der Waals surface area (Å²) in [7, 11) is 0. The average Bonchev–Trinajstić information content (AvgIpc) is 2.94. The number of imide groups is 1. The number of benzene rings is 2. The fraction of sp³-hybridized carbons (Fsp3) is 0.125. The SMILES string of the molecule is CC(=O)N(C(=O)Nc1ccc2c(c1)OCO2)c1cccc(N)c1. The van der Waals surface area contributed by atoms with Crippen molar-refractivity contribution in [2.45, 2.75) is 6.92 Å². The normalized spacial score (nSPS) is 11.9. The number of anilines is 3. The first kappa shape index (κ1) is 14.7. The van der Waals surface area contributed by atoms with Gasteiger partial charge in [-0.25, -0.2) is 9.69 Å². The largest absolute Gasteiger partial charge is 0.454 e. The molecule has 0 atom stereocenters. The summed E-state index contributed by atoms with van der Waals surface area (Å²) in [5.41, 5.74) is 7.07. The van der Waals surface area contributed by atoms with Crippen LogP contribution in [0.4, 0.5) is 21.9 Å². The Balaban J connectivity index is 1.83. The molecule has 0 saturated carbocycles. The third-order valence-electron chi connectivity index (χ3n) is 3.27. The van der Waals surface area contributed by atoms with E-state index >= 15 is 0 Å². The van der Waals surface area contributed by atoms with Gasteiger partial charge in [-0.15, -0.1) is 0 Å². The van der Waals surface area contributed by atoms with Crippen molar-refractivity contribution in [3.8, 4) is 11.5 Å². The standard InChI is InChI=1S/C16H15N3O4/c1-10(20)19(13-4-2-3-11(17)7-13)16(21)18-12-5-6-14-15(8-12)23-9-22-14/h2-8H,9,17H2,1H3,(H,18,21). The summed E-state index contributed by atoms with van der Waals surface area (Å²) in [6.07, 6.45) is 0. The number of carbonyl (C=O) groups is 2. The number of fused-ring (bicyclic) bond motifs is 1. The van der Waals surface area contributed by atoms with Gasteiger partial charge in [-0.2, -0.15) is 0 Å². The minimum atomic E-state index is -0.582. The van der Waals surface area contributed by atoms with Crippen molar-refractivity contribution in [2.24, 2.45) is 0 Å². The number of hydrogen-bond donors (Lipinski definition) is 2. The van der Waals surface area contributed by atoms with Crippen LogP contribution in [-0.2, 0) is 4.79 Å². The highest BCUT2D eigenvalue weighted by Crippen LogP contribution is 2.34. The fourth-order valence-corrected chi connectivity index (χ4v) is 2.26. The molecule has 0 aromatic heterocycles. The summed E-state index contributed by atoms with van der Waals surface area (Å²) >= 11 is 0. The van der Waals surface area contributed by atoms with E-state index in [-0.39, 0.29) is 6.79 Å². The second kappa shape index (κ2) is 5.88. The first-order valence-corrected chi connectivity index (χ1v) is 6.91. The Kier molecular flexibility index (Phi) is 3.76. The maximum atomic E-state index is 12.4. The van der Waals surface area contributed by atoms with Crippen molar-refractivity contribution < 1.29 is 19.1 Å². The Morgan fingerprint density at radius 1 is 1.13 bits per heavy atom. The maximum Gasteiger partial charge on any atom is 0.333 e. The molecule has 118 valence electrons. The van der Waals surface area contributed by atoms with Crippen LogP contribution in [0.5, 0.6) is 11.5 Å². The van der Waals surface area contributed by atoms with Crippen molar-refractivity contribution in [3.05, 3.63) is 42.5 Å². The third-order valence-corrected chi connectivity index (χ3v) is 3.27. The Morgan fingerprint density at radius 3 is 2.65 bits per heavy atom. The third kappa shape index (κ3) is 3.03. The van der Waals surface area contributed by atoms with Crippen LogP contribution < -0.4 is 25.4 Å². The number of nitrogens with one attached hydrogen (secondary N) is 1. The van der Waals surface area contributed by atoms with Crippen molar-refractivity contribution in [1.29, 1.82) is 0 Å². The van der Waals surface area contributed by atoms with Gasteiger partial charge in [0, 0.05) is 24.4 Å². The van der Waals surface area contributed by atoms with Gasteiger partial charge in [-0.3, -0.25) is 4.79 Å². The summed E-state index contributed by atoms with van der Waals surface area (Å²) in [6.45, 7) is 1.46. The number of ether oxygens (including phenoxy) is 2. The maximum absolute atomic E-state index is 12.4. The lowest BCUT2D eigenvalue weighted by atomic mass is 10.2. The number of urea groups is 1. The average molecular weight is 313 g/mol. The summed E-state index contributed by atoms with van der Waals surface area (Å²) in [4.78, 5) is 25.3. The number of nitrogens with two attached hydrogens (primary N) is 1. The number of amides is 3. The molecule has 23 heavy (non-hydrogen) atoms. The summed E-state index contributed by atoms with van der Waals surface area (Å²) in [5.74, 6) is 0.734. The zero-order valence-electron chi connectivity index (χ0n) is 12.4. The fourth-order valence-electron chi connectivity index (χ4n) is 2.26. The zero-order valence-corrected chi connectivity index (χ0v) is 12.4. The molecule has 3 amide bonds. The highest BCUT2D eigenvalue weighted by atomic mass is 16.7. The monoisotopic (exact) mass is 313 g/mol. The Morgan fingerprint density at radius 2 is 1.91 bits per heavy atom. The van der Waals surface area contributed by atoms with E-state index in [4.69, 9.17) is 15.2 Å². The zero-order chi connectivity index (χ0) is 16.4. The highest BCUT2D eigenvalue weighted by molar-refractivity contribution is 6.18. The molecule has 1 aliphatic rings. The van der Waals surface area contributed by atoms with Crippen molar-refractivity contribution in [1.82, 2.24) is 0 Å². The molecule has 0 unspecified atom stereocenters. The molecule has 2 aromatic rings. The minimum absolute atomic E-state index is 0.148. The predicted octanol–water partition coefficient (Wildman–Crippen LogP) is 2.58. The van der Waals surface area contributed by atoms with Crippen molar-refractivity contribution in [2.75, 3.05) is 22.7 Å². The molecule has 1 aliphatic heterocycles. The lowest BCUT2D eigenvalue weighted by Crippen LogP contribution is -2.38. The summed E-state index contributed by atoms with van der Waals surface area (Å²) < 4.78 is 10.5. The van der Waals surface area contributed by atoms with E-state index in [9.17, 15) is 9.59 Å². The topological polar surface area (TPSA) is 93.9 Å². The van der Waals surface area contributed by atoms with E-state index in [0.29, 0.717) is 28.6 Å². The first-order valence-electron chi connectivity index (χ1n) is 6.91. The molecule has 1 heterocycles. The number of hydrogen-bond acceptors (Lipinski definition) is 5. The van der Waals surface area contributed by atoms with Crippen LogP contribution in [-0.4, -0.2) is 18.7 Å². The van der Waals surface area contributed by atoms with E-state index in [1.165, 1.54) is 6.92 Å². The Bertz CT molecular complexity index is 776. The number of carbonyl (C=O) groups excluding carboxylic acids is 2. The molecule has 3 N–H and O–H groups in total. The molecule has 3 rings (SSSR count).